The zero-order valence-corrected chi connectivity index (χ0v) is 9.27. The number of nitrogens with zero attached hydrogens (tertiary/aromatic N) is 1. The van der Waals surface area contributed by atoms with Gasteiger partial charge in [0.25, 0.3) is 5.91 Å². The van der Waals surface area contributed by atoms with Crippen molar-refractivity contribution in [3.8, 4) is 0 Å². The third-order valence-electron chi connectivity index (χ3n) is 2.75. The summed E-state index contributed by atoms with van der Waals surface area (Å²) < 4.78 is 5.29. The summed E-state index contributed by atoms with van der Waals surface area (Å²) in [6.45, 7) is 1.55. The van der Waals surface area contributed by atoms with E-state index in [2.05, 4.69) is 0 Å². The number of aliphatic hydroxyl groups excluding tert-OH is 1. The molecular formula is C12H15NO3. The highest BCUT2D eigenvalue weighted by molar-refractivity contribution is 5.94. The van der Waals surface area contributed by atoms with Gasteiger partial charge >= 0.3 is 0 Å². The molecule has 2 rings (SSSR count). The second kappa shape index (κ2) is 4.63. The van der Waals surface area contributed by atoms with Gasteiger partial charge in [-0.2, -0.15) is 0 Å². The van der Waals surface area contributed by atoms with Crippen LogP contribution in [-0.4, -0.2) is 36.1 Å². The van der Waals surface area contributed by atoms with E-state index in [-0.39, 0.29) is 12.5 Å². The quantitative estimate of drug-likeness (QED) is 0.820. The van der Waals surface area contributed by atoms with Crippen molar-refractivity contribution in [3.63, 3.8) is 0 Å². The largest absolute Gasteiger partial charge is 0.395 e. The van der Waals surface area contributed by atoms with Crippen LogP contribution >= 0.6 is 0 Å². The second-order valence-electron chi connectivity index (χ2n) is 3.93. The summed E-state index contributed by atoms with van der Waals surface area (Å²) in [7, 11) is 1.68. The smallest absolute Gasteiger partial charge is 0.253 e. The highest BCUT2D eigenvalue weighted by Crippen LogP contribution is 2.21. The zero-order chi connectivity index (χ0) is 11.5. The summed E-state index contributed by atoms with van der Waals surface area (Å²) in [5.41, 5.74) is 2.89. The second-order valence-corrected chi connectivity index (χ2v) is 3.93. The summed E-state index contributed by atoms with van der Waals surface area (Å²) in [6, 6.07) is 5.62. The molecule has 0 spiro atoms. The van der Waals surface area contributed by atoms with Crippen LogP contribution in [0.1, 0.15) is 21.5 Å². The molecule has 0 saturated carbocycles. The predicted octanol–water partition coefficient (Wildman–Crippen LogP) is 0.781. The number of hydrogen-bond donors (Lipinski definition) is 1. The molecule has 0 unspecified atom stereocenters. The van der Waals surface area contributed by atoms with Gasteiger partial charge in [-0.1, -0.05) is 6.07 Å². The van der Waals surface area contributed by atoms with Gasteiger partial charge in [-0.25, -0.2) is 0 Å². The molecule has 1 aromatic carbocycles. The van der Waals surface area contributed by atoms with Crippen molar-refractivity contribution in [2.75, 3.05) is 20.2 Å². The number of hydrogen-bond acceptors (Lipinski definition) is 3. The number of carbonyl (C=O) groups is 1. The lowest BCUT2D eigenvalue weighted by Crippen LogP contribution is -2.29. The molecular weight excluding hydrogens is 206 g/mol. The van der Waals surface area contributed by atoms with Crippen LogP contribution in [0, 0.1) is 0 Å². The fourth-order valence-corrected chi connectivity index (χ4v) is 1.78. The minimum atomic E-state index is -0.0660. The number of fused-ring (bicyclic) bond motifs is 1. The fraction of sp³-hybridized carbons (Fsp3) is 0.417. The molecule has 0 radical (unpaired) electrons. The van der Waals surface area contributed by atoms with Crippen LogP contribution in [0.25, 0.3) is 0 Å². The molecule has 0 atom stereocenters. The number of likely N-dealkylation sites (N-methyl/N-ethyl adjacent to an activating group) is 1. The van der Waals surface area contributed by atoms with Crippen LogP contribution in [-0.2, 0) is 18.0 Å². The van der Waals surface area contributed by atoms with Gasteiger partial charge in [0, 0.05) is 19.2 Å². The Hall–Kier alpha value is -1.39. The van der Waals surface area contributed by atoms with Crippen LogP contribution in [0.15, 0.2) is 18.2 Å². The normalized spacial score (nSPS) is 13.6. The molecule has 1 aromatic rings. The molecule has 0 fully saturated rings. The molecule has 1 aliphatic heterocycles. The van der Waals surface area contributed by atoms with Gasteiger partial charge in [0.05, 0.1) is 19.8 Å². The highest BCUT2D eigenvalue weighted by Gasteiger charge is 2.16. The third-order valence-corrected chi connectivity index (χ3v) is 2.75. The molecule has 86 valence electrons. The molecule has 1 amide bonds. The Labute approximate surface area is 94.4 Å². The first-order chi connectivity index (χ1) is 7.72. The van der Waals surface area contributed by atoms with Crippen LogP contribution in [0.5, 0.6) is 0 Å². The van der Waals surface area contributed by atoms with Crippen LogP contribution in [0.4, 0.5) is 0 Å². The van der Waals surface area contributed by atoms with Gasteiger partial charge < -0.3 is 14.7 Å². The number of aliphatic hydroxyl groups is 1. The number of ether oxygens (including phenoxy) is 1. The van der Waals surface area contributed by atoms with E-state index < -0.39 is 0 Å². The first-order valence-corrected chi connectivity index (χ1v) is 5.28. The lowest BCUT2D eigenvalue weighted by atomic mass is 10.1. The molecule has 4 heteroatoms. The molecule has 1 aliphatic rings. The van der Waals surface area contributed by atoms with Crippen LogP contribution < -0.4 is 0 Å². The summed E-state index contributed by atoms with van der Waals surface area (Å²) in [5.74, 6) is -0.0660. The molecule has 1 N–H and O–H groups in total. The number of rotatable bonds is 3. The summed E-state index contributed by atoms with van der Waals surface area (Å²) in [5, 5.41) is 8.77. The predicted molar refractivity (Wildman–Crippen MR) is 59.0 cm³/mol. The number of benzene rings is 1. The number of carbonyl (C=O) groups excluding carboxylic acids is 1. The minimum absolute atomic E-state index is 0.0176. The molecule has 4 nitrogen and oxygen atoms in total. The maximum absolute atomic E-state index is 11.9. The average molecular weight is 221 g/mol. The van der Waals surface area contributed by atoms with E-state index >= 15 is 0 Å². The van der Waals surface area contributed by atoms with Crippen molar-refractivity contribution in [1.82, 2.24) is 4.90 Å². The van der Waals surface area contributed by atoms with Crippen molar-refractivity contribution < 1.29 is 14.6 Å². The highest BCUT2D eigenvalue weighted by atomic mass is 16.5. The summed E-state index contributed by atoms with van der Waals surface area (Å²) in [6.07, 6.45) is 0. The fourth-order valence-electron chi connectivity index (χ4n) is 1.78. The molecule has 0 aliphatic carbocycles. The molecule has 0 saturated heterocycles. The Morgan fingerprint density at radius 1 is 1.44 bits per heavy atom. The van der Waals surface area contributed by atoms with Crippen molar-refractivity contribution in [3.05, 3.63) is 34.9 Å². The third kappa shape index (κ3) is 2.08. The van der Waals surface area contributed by atoms with E-state index in [1.54, 1.807) is 7.05 Å². The standard InChI is InChI=1S/C12H15NO3/c1-13(4-5-14)12(15)9-2-3-10-7-16-8-11(10)6-9/h2-3,6,14H,4-5,7-8H2,1H3. The molecule has 0 aromatic heterocycles. The number of amides is 1. The average Bonchev–Trinajstić information content (AvgIpc) is 2.75. The van der Waals surface area contributed by atoms with Crippen LogP contribution in [0.2, 0.25) is 0 Å². The lowest BCUT2D eigenvalue weighted by Gasteiger charge is -2.15. The van der Waals surface area contributed by atoms with E-state index in [0.29, 0.717) is 25.3 Å². The molecule has 0 bridgehead atoms. The molecule has 1 heterocycles. The maximum atomic E-state index is 11.9. The van der Waals surface area contributed by atoms with E-state index in [4.69, 9.17) is 9.84 Å². The van der Waals surface area contributed by atoms with E-state index in [0.717, 1.165) is 11.1 Å². The SMILES string of the molecule is CN(CCO)C(=O)c1ccc2c(c1)COC2. The van der Waals surface area contributed by atoms with Gasteiger partial charge in [0.2, 0.25) is 0 Å². The van der Waals surface area contributed by atoms with Gasteiger partial charge in [-0.3, -0.25) is 4.79 Å². The Balaban J connectivity index is 2.18. The Kier molecular flexibility index (Phi) is 3.22. The van der Waals surface area contributed by atoms with Crippen molar-refractivity contribution in [2.45, 2.75) is 13.2 Å². The van der Waals surface area contributed by atoms with Gasteiger partial charge in [-0.05, 0) is 23.3 Å². The maximum Gasteiger partial charge on any atom is 0.253 e. The monoisotopic (exact) mass is 221 g/mol. The Morgan fingerprint density at radius 3 is 2.94 bits per heavy atom. The van der Waals surface area contributed by atoms with Crippen molar-refractivity contribution in [2.24, 2.45) is 0 Å². The van der Waals surface area contributed by atoms with Gasteiger partial charge in [0.1, 0.15) is 0 Å². The minimum Gasteiger partial charge on any atom is -0.395 e. The molecule has 16 heavy (non-hydrogen) atoms. The zero-order valence-electron chi connectivity index (χ0n) is 9.27. The van der Waals surface area contributed by atoms with E-state index in [1.165, 1.54) is 4.90 Å². The first kappa shape index (κ1) is 11.1. The Morgan fingerprint density at radius 2 is 2.19 bits per heavy atom. The topological polar surface area (TPSA) is 49.8 Å². The Bertz CT molecular complexity index is 403. The summed E-state index contributed by atoms with van der Waals surface area (Å²) >= 11 is 0. The van der Waals surface area contributed by atoms with E-state index in [1.807, 2.05) is 18.2 Å². The summed E-state index contributed by atoms with van der Waals surface area (Å²) in [4.78, 5) is 13.4. The van der Waals surface area contributed by atoms with Gasteiger partial charge in [-0.15, -0.1) is 0 Å². The first-order valence-electron chi connectivity index (χ1n) is 5.28. The van der Waals surface area contributed by atoms with Crippen molar-refractivity contribution >= 4 is 5.91 Å². The van der Waals surface area contributed by atoms with E-state index in [9.17, 15) is 4.79 Å². The van der Waals surface area contributed by atoms with Crippen LogP contribution in [0.3, 0.4) is 0 Å². The van der Waals surface area contributed by atoms with Crippen molar-refractivity contribution in [1.29, 1.82) is 0 Å². The lowest BCUT2D eigenvalue weighted by molar-refractivity contribution is 0.0767. The van der Waals surface area contributed by atoms with Gasteiger partial charge in [0.15, 0.2) is 0 Å².